The first-order valence-corrected chi connectivity index (χ1v) is 12.8. The van der Waals surface area contributed by atoms with Crippen LogP contribution in [0.4, 0.5) is 17.3 Å². The van der Waals surface area contributed by atoms with Crippen molar-refractivity contribution in [3.05, 3.63) is 73.1 Å². The number of pyridine rings is 1. The molecule has 0 fully saturated rings. The van der Waals surface area contributed by atoms with Crippen LogP contribution >= 0.6 is 0 Å². The first-order chi connectivity index (χ1) is 19.1. The zero-order valence-electron chi connectivity index (χ0n) is 23.4. The molecule has 0 saturated carbocycles. The SMILES string of the molecule is C=CC(=O)Nc1ccccc1Nc1ncc2cc(-c3cc(OC)cc(OC)c3)c(CC(=O)CC(C)(C)C)nc2n1. The molecule has 2 N–H and O–H groups in total. The highest BCUT2D eigenvalue weighted by Gasteiger charge is 2.20. The fraction of sp³-hybridized carbons (Fsp3) is 0.258. The molecule has 0 spiro atoms. The van der Waals surface area contributed by atoms with Gasteiger partial charge in [0.25, 0.3) is 0 Å². The minimum absolute atomic E-state index is 0.0785. The van der Waals surface area contributed by atoms with E-state index in [1.54, 1.807) is 38.6 Å². The second-order valence-electron chi connectivity index (χ2n) is 10.5. The minimum Gasteiger partial charge on any atom is -0.497 e. The Morgan fingerprint density at radius 1 is 0.975 bits per heavy atom. The number of fused-ring (bicyclic) bond motifs is 1. The summed E-state index contributed by atoms with van der Waals surface area (Å²) in [5.41, 5.74) is 3.62. The number of amides is 1. The third-order valence-corrected chi connectivity index (χ3v) is 6.02. The van der Waals surface area contributed by atoms with Gasteiger partial charge in [0.15, 0.2) is 5.65 Å². The topological polar surface area (TPSA) is 115 Å². The van der Waals surface area contributed by atoms with Crippen molar-refractivity contribution in [2.45, 2.75) is 33.6 Å². The molecule has 0 atom stereocenters. The van der Waals surface area contributed by atoms with Crippen LogP contribution in [0.2, 0.25) is 0 Å². The number of anilines is 3. The molecule has 0 unspecified atom stereocenters. The number of rotatable bonds is 10. The number of aromatic nitrogens is 3. The third kappa shape index (κ3) is 6.99. The van der Waals surface area contributed by atoms with Crippen LogP contribution in [0, 0.1) is 5.41 Å². The van der Waals surface area contributed by atoms with E-state index in [-0.39, 0.29) is 23.5 Å². The van der Waals surface area contributed by atoms with Gasteiger partial charge in [0, 0.05) is 36.1 Å². The number of carbonyl (C=O) groups excluding carboxylic acids is 2. The zero-order valence-corrected chi connectivity index (χ0v) is 23.4. The molecule has 4 aromatic rings. The highest BCUT2D eigenvalue weighted by molar-refractivity contribution is 6.01. The maximum Gasteiger partial charge on any atom is 0.247 e. The van der Waals surface area contributed by atoms with Crippen molar-refractivity contribution >= 4 is 40.0 Å². The molecule has 4 rings (SSSR count). The molecule has 9 heteroatoms. The van der Waals surface area contributed by atoms with Crippen LogP contribution in [-0.2, 0) is 16.0 Å². The number of nitrogens with zero attached hydrogens (tertiary/aromatic N) is 3. The summed E-state index contributed by atoms with van der Waals surface area (Å²) in [7, 11) is 3.18. The van der Waals surface area contributed by atoms with Gasteiger partial charge < -0.3 is 20.1 Å². The average molecular weight is 540 g/mol. The monoisotopic (exact) mass is 539 g/mol. The molecule has 2 heterocycles. The first kappa shape index (κ1) is 28.2. The predicted octanol–water partition coefficient (Wildman–Crippen LogP) is 6.12. The Hall–Kier alpha value is -4.79. The Bertz CT molecular complexity index is 1550. The number of ketones is 1. The number of Topliss-reactive ketones (excluding diaryl/α,β-unsaturated/α-hetero) is 1. The van der Waals surface area contributed by atoms with E-state index in [4.69, 9.17) is 14.5 Å². The van der Waals surface area contributed by atoms with Crippen LogP contribution in [0.25, 0.3) is 22.2 Å². The van der Waals surface area contributed by atoms with Crippen LogP contribution in [0.3, 0.4) is 0 Å². The lowest BCUT2D eigenvalue weighted by atomic mass is 9.88. The van der Waals surface area contributed by atoms with Crippen molar-refractivity contribution in [3.8, 4) is 22.6 Å². The van der Waals surface area contributed by atoms with E-state index in [1.165, 1.54) is 6.08 Å². The Balaban J connectivity index is 1.78. The van der Waals surface area contributed by atoms with Gasteiger partial charge >= 0.3 is 0 Å². The van der Waals surface area contributed by atoms with Gasteiger partial charge in [0.05, 0.1) is 31.3 Å². The lowest BCUT2D eigenvalue weighted by molar-refractivity contribution is -0.120. The van der Waals surface area contributed by atoms with E-state index < -0.39 is 0 Å². The third-order valence-electron chi connectivity index (χ3n) is 6.02. The second kappa shape index (κ2) is 11.9. The molecular formula is C31H33N5O4. The van der Waals surface area contributed by atoms with E-state index in [0.717, 1.165) is 11.1 Å². The number of nitrogens with one attached hydrogen (secondary N) is 2. The summed E-state index contributed by atoms with van der Waals surface area (Å²) < 4.78 is 10.9. The summed E-state index contributed by atoms with van der Waals surface area (Å²) in [6.45, 7) is 9.60. The van der Waals surface area contributed by atoms with Crippen molar-refractivity contribution < 1.29 is 19.1 Å². The van der Waals surface area contributed by atoms with Crippen molar-refractivity contribution in [3.63, 3.8) is 0 Å². The van der Waals surface area contributed by atoms with Crippen LogP contribution in [0.1, 0.15) is 32.9 Å². The second-order valence-corrected chi connectivity index (χ2v) is 10.5. The predicted molar refractivity (Wildman–Crippen MR) is 157 cm³/mol. The van der Waals surface area contributed by atoms with E-state index in [2.05, 4.69) is 27.2 Å². The zero-order chi connectivity index (χ0) is 28.9. The molecule has 0 saturated heterocycles. The number of ether oxygens (including phenoxy) is 2. The molecule has 2 aromatic heterocycles. The fourth-order valence-corrected chi connectivity index (χ4v) is 4.25. The Morgan fingerprint density at radius 3 is 2.27 bits per heavy atom. The molecule has 206 valence electrons. The standard InChI is InChI=1S/C31H33N5O4/c1-7-28(38)33-25-10-8-9-11-26(25)35-30-32-18-20-14-24(19-12-22(39-5)16-23(13-19)40-6)27(34-29(20)36-30)15-21(37)17-31(2,3)4/h7-14,16,18H,1,15,17H2,2-6H3,(H,33,38)(H,32,34,35,36). The largest absolute Gasteiger partial charge is 0.497 e. The Labute approximate surface area is 233 Å². The number of carbonyl (C=O) groups is 2. The van der Waals surface area contributed by atoms with Crippen LogP contribution in [0.5, 0.6) is 11.5 Å². The van der Waals surface area contributed by atoms with Crippen molar-refractivity contribution in [1.82, 2.24) is 15.0 Å². The van der Waals surface area contributed by atoms with Gasteiger partial charge in [-0.25, -0.2) is 9.97 Å². The van der Waals surface area contributed by atoms with Crippen LogP contribution < -0.4 is 20.1 Å². The van der Waals surface area contributed by atoms with Gasteiger partial charge in [-0.15, -0.1) is 0 Å². The number of benzene rings is 2. The Kier molecular flexibility index (Phi) is 8.43. The fourth-order valence-electron chi connectivity index (χ4n) is 4.25. The number of para-hydroxylation sites is 2. The average Bonchev–Trinajstić information content (AvgIpc) is 2.92. The minimum atomic E-state index is -0.332. The maximum atomic E-state index is 13.1. The van der Waals surface area contributed by atoms with Gasteiger partial charge in [-0.05, 0) is 47.4 Å². The molecule has 0 aliphatic carbocycles. The quantitative estimate of drug-likeness (QED) is 0.232. The smallest absolute Gasteiger partial charge is 0.247 e. The first-order valence-electron chi connectivity index (χ1n) is 12.8. The van der Waals surface area contributed by atoms with Gasteiger partial charge in [-0.1, -0.05) is 39.5 Å². The molecule has 1 amide bonds. The number of hydrogen-bond donors (Lipinski definition) is 2. The Morgan fingerprint density at radius 2 is 1.65 bits per heavy atom. The maximum absolute atomic E-state index is 13.1. The van der Waals surface area contributed by atoms with Crippen molar-refractivity contribution in [2.24, 2.45) is 5.41 Å². The van der Waals surface area contributed by atoms with E-state index in [0.29, 0.717) is 52.0 Å². The molecule has 40 heavy (non-hydrogen) atoms. The summed E-state index contributed by atoms with van der Waals surface area (Å²) >= 11 is 0. The van der Waals surface area contributed by atoms with Gasteiger partial charge in [0.1, 0.15) is 17.3 Å². The van der Waals surface area contributed by atoms with Gasteiger partial charge in [0.2, 0.25) is 11.9 Å². The summed E-state index contributed by atoms with van der Waals surface area (Å²) in [6, 6.07) is 14.7. The normalized spacial score (nSPS) is 11.1. The summed E-state index contributed by atoms with van der Waals surface area (Å²) in [6.07, 6.45) is 3.43. The summed E-state index contributed by atoms with van der Waals surface area (Å²) in [5.74, 6) is 1.29. The molecule has 0 aliphatic rings. The highest BCUT2D eigenvalue weighted by atomic mass is 16.5. The molecule has 0 aliphatic heterocycles. The lowest BCUT2D eigenvalue weighted by Crippen LogP contribution is -2.16. The molecule has 9 nitrogen and oxygen atoms in total. The van der Waals surface area contributed by atoms with E-state index in [1.807, 2.05) is 51.1 Å². The summed E-state index contributed by atoms with van der Waals surface area (Å²) in [4.78, 5) is 38.9. The summed E-state index contributed by atoms with van der Waals surface area (Å²) in [5, 5.41) is 6.61. The van der Waals surface area contributed by atoms with Crippen molar-refractivity contribution in [1.29, 1.82) is 0 Å². The highest BCUT2D eigenvalue weighted by Crippen LogP contribution is 2.34. The van der Waals surface area contributed by atoms with E-state index >= 15 is 0 Å². The van der Waals surface area contributed by atoms with Gasteiger partial charge in [-0.2, -0.15) is 4.98 Å². The molecule has 0 radical (unpaired) electrons. The van der Waals surface area contributed by atoms with Crippen molar-refractivity contribution in [2.75, 3.05) is 24.9 Å². The number of methoxy groups -OCH3 is 2. The number of hydrogen-bond acceptors (Lipinski definition) is 8. The van der Waals surface area contributed by atoms with Gasteiger partial charge in [-0.3, -0.25) is 9.59 Å². The lowest BCUT2D eigenvalue weighted by Gasteiger charge is -2.18. The van der Waals surface area contributed by atoms with Crippen LogP contribution in [-0.4, -0.2) is 40.9 Å². The van der Waals surface area contributed by atoms with Crippen LogP contribution in [0.15, 0.2) is 67.4 Å². The van der Waals surface area contributed by atoms with E-state index in [9.17, 15) is 9.59 Å². The molecule has 2 aromatic carbocycles. The molecule has 0 bridgehead atoms. The molecular weight excluding hydrogens is 506 g/mol.